The van der Waals surface area contributed by atoms with Gasteiger partial charge in [0, 0.05) is 6.04 Å². The SMILES string of the molecule is Cc1ccc(C2CC(C)CCN2)cc1F. The summed E-state index contributed by atoms with van der Waals surface area (Å²) in [5, 5.41) is 3.45. The highest BCUT2D eigenvalue weighted by Gasteiger charge is 2.19. The van der Waals surface area contributed by atoms with Crippen LogP contribution < -0.4 is 5.32 Å². The van der Waals surface area contributed by atoms with Crippen LogP contribution in [0.1, 0.15) is 36.9 Å². The minimum Gasteiger partial charge on any atom is -0.310 e. The van der Waals surface area contributed by atoms with E-state index in [1.54, 1.807) is 13.0 Å². The van der Waals surface area contributed by atoms with Gasteiger partial charge < -0.3 is 5.32 Å². The van der Waals surface area contributed by atoms with E-state index in [9.17, 15) is 4.39 Å². The molecular formula is C13H18FN. The van der Waals surface area contributed by atoms with Gasteiger partial charge in [0.1, 0.15) is 5.82 Å². The third kappa shape index (κ3) is 2.37. The largest absolute Gasteiger partial charge is 0.310 e. The van der Waals surface area contributed by atoms with Gasteiger partial charge in [-0.25, -0.2) is 4.39 Å². The van der Waals surface area contributed by atoms with Gasteiger partial charge in [0.25, 0.3) is 0 Å². The highest BCUT2D eigenvalue weighted by atomic mass is 19.1. The molecule has 1 heterocycles. The van der Waals surface area contributed by atoms with Crippen molar-refractivity contribution in [2.75, 3.05) is 6.54 Å². The van der Waals surface area contributed by atoms with Crippen LogP contribution >= 0.6 is 0 Å². The van der Waals surface area contributed by atoms with Crippen molar-refractivity contribution in [3.63, 3.8) is 0 Å². The van der Waals surface area contributed by atoms with Gasteiger partial charge in [-0.2, -0.15) is 0 Å². The van der Waals surface area contributed by atoms with Gasteiger partial charge in [0.05, 0.1) is 0 Å². The summed E-state index contributed by atoms with van der Waals surface area (Å²) < 4.78 is 13.4. The molecule has 0 radical (unpaired) electrons. The van der Waals surface area contributed by atoms with Crippen LogP contribution in [0.2, 0.25) is 0 Å². The van der Waals surface area contributed by atoms with Gasteiger partial charge in [-0.1, -0.05) is 19.1 Å². The van der Waals surface area contributed by atoms with E-state index in [2.05, 4.69) is 12.2 Å². The van der Waals surface area contributed by atoms with Gasteiger partial charge in [-0.3, -0.25) is 0 Å². The van der Waals surface area contributed by atoms with E-state index in [1.165, 1.54) is 6.42 Å². The lowest BCUT2D eigenvalue weighted by Gasteiger charge is -2.28. The zero-order valence-corrected chi connectivity index (χ0v) is 9.39. The van der Waals surface area contributed by atoms with Crippen LogP contribution in [0.15, 0.2) is 18.2 Å². The van der Waals surface area contributed by atoms with Crippen molar-refractivity contribution in [2.24, 2.45) is 5.92 Å². The second-order valence-electron chi connectivity index (χ2n) is 4.64. The minimum absolute atomic E-state index is 0.0903. The average Bonchev–Trinajstić information content (AvgIpc) is 2.22. The smallest absolute Gasteiger partial charge is 0.126 e. The molecule has 0 saturated carbocycles. The van der Waals surface area contributed by atoms with Crippen LogP contribution in [-0.4, -0.2) is 6.54 Å². The minimum atomic E-state index is -0.0903. The molecule has 15 heavy (non-hydrogen) atoms. The molecule has 1 aromatic carbocycles. The molecule has 82 valence electrons. The molecule has 0 aromatic heterocycles. The summed E-state index contributed by atoms with van der Waals surface area (Å²) in [7, 11) is 0. The van der Waals surface area contributed by atoms with E-state index in [-0.39, 0.29) is 5.82 Å². The zero-order valence-electron chi connectivity index (χ0n) is 9.39. The first-order valence-electron chi connectivity index (χ1n) is 5.66. The number of rotatable bonds is 1. The quantitative estimate of drug-likeness (QED) is 0.745. The summed E-state index contributed by atoms with van der Waals surface area (Å²) in [5.41, 5.74) is 1.81. The molecule has 1 aromatic rings. The Hall–Kier alpha value is -0.890. The number of benzene rings is 1. The van der Waals surface area contributed by atoms with Crippen molar-refractivity contribution in [3.8, 4) is 0 Å². The van der Waals surface area contributed by atoms with Crippen LogP contribution in [0.3, 0.4) is 0 Å². The van der Waals surface area contributed by atoms with E-state index < -0.39 is 0 Å². The molecule has 1 nitrogen and oxygen atoms in total. The van der Waals surface area contributed by atoms with E-state index in [0.717, 1.165) is 30.0 Å². The van der Waals surface area contributed by atoms with Crippen LogP contribution in [0, 0.1) is 18.7 Å². The van der Waals surface area contributed by atoms with Crippen molar-refractivity contribution in [1.82, 2.24) is 5.32 Å². The van der Waals surface area contributed by atoms with Crippen molar-refractivity contribution < 1.29 is 4.39 Å². The number of halogens is 1. The van der Waals surface area contributed by atoms with Gasteiger partial charge in [0.15, 0.2) is 0 Å². The fourth-order valence-corrected chi connectivity index (χ4v) is 2.19. The standard InChI is InChI=1S/C13H18FN/c1-9-5-6-15-13(7-9)11-4-3-10(2)12(14)8-11/h3-4,8-9,13,15H,5-7H2,1-2H3. The Morgan fingerprint density at radius 2 is 2.20 bits per heavy atom. The molecule has 0 bridgehead atoms. The molecule has 1 N–H and O–H groups in total. The zero-order chi connectivity index (χ0) is 10.8. The normalized spacial score (nSPS) is 26.6. The Balaban J connectivity index is 2.18. The lowest BCUT2D eigenvalue weighted by molar-refractivity contribution is 0.324. The molecule has 2 heteroatoms. The Morgan fingerprint density at radius 1 is 1.40 bits per heavy atom. The number of aryl methyl sites for hydroxylation is 1. The molecule has 0 aliphatic carbocycles. The topological polar surface area (TPSA) is 12.0 Å². The van der Waals surface area contributed by atoms with Crippen LogP contribution in [0.25, 0.3) is 0 Å². The predicted octanol–water partition coefficient (Wildman–Crippen LogP) is 3.19. The summed E-state index contributed by atoms with van der Waals surface area (Å²) in [6, 6.07) is 5.91. The molecular weight excluding hydrogens is 189 g/mol. The van der Waals surface area contributed by atoms with Gasteiger partial charge in [-0.05, 0) is 49.4 Å². The first-order chi connectivity index (χ1) is 7.16. The van der Waals surface area contributed by atoms with Crippen LogP contribution in [0.4, 0.5) is 4.39 Å². The van der Waals surface area contributed by atoms with Crippen molar-refractivity contribution in [1.29, 1.82) is 0 Å². The summed E-state index contributed by atoms with van der Waals surface area (Å²) in [6.45, 7) is 5.11. The molecule has 1 aliphatic heterocycles. The van der Waals surface area contributed by atoms with E-state index in [1.807, 2.05) is 12.1 Å². The monoisotopic (exact) mass is 207 g/mol. The van der Waals surface area contributed by atoms with Crippen molar-refractivity contribution in [2.45, 2.75) is 32.7 Å². The second kappa shape index (κ2) is 4.31. The summed E-state index contributed by atoms with van der Waals surface area (Å²) in [6.07, 6.45) is 2.34. The van der Waals surface area contributed by atoms with Gasteiger partial charge >= 0.3 is 0 Å². The first-order valence-corrected chi connectivity index (χ1v) is 5.66. The van der Waals surface area contributed by atoms with Crippen molar-refractivity contribution in [3.05, 3.63) is 35.1 Å². The molecule has 1 aliphatic rings. The maximum absolute atomic E-state index is 13.4. The Labute approximate surface area is 90.7 Å². The highest BCUT2D eigenvalue weighted by Crippen LogP contribution is 2.27. The van der Waals surface area contributed by atoms with Gasteiger partial charge in [0.2, 0.25) is 0 Å². The summed E-state index contributed by atoms with van der Waals surface area (Å²) >= 11 is 0. The molecule has 2 atom stereocenters. The Morgan fingerprint density at radius 3 is 2.87 bits per heavy atom. The number of hydrogen-bond donors (Lipinski definition) is 1. The third-order valence-electron chi connectivity index (χ3n) is 3.26. The summed E-state index contributed by atoms with van der Waals surface area (Å²) in [5.74, 6) is 0.646. The van der Waals surface area contributed by atoms with E-state index >= 15 is 0 Å². The molecule has 1 fully saturated rings. The maximum Gasteiger partial charge on any atom is 0.126 e. The molecule has 0 amide bonds. The average molecular weight is 207 g/mol. The lowest BCUT2D eigenvalue weighted by Crippen LogP contribution is -2.30. The Kier molecular flexibility index (Phi) is 3.06. The van der Waals surface area contributed by atoms with Crippen molar-refractivity contribution >= 4 is 0 Å². The third-order valence-corrected chi connectivity index (χ3v) is 3.26. The van der Waals surface area contributed by atoms with Crippen LogP contribution in [-0.2, 0) is 0 Å². The summed E-state index contributed by atoms with van der Waals surface area (Å²) in [4.78, 5) is 0. The second-order valence-corrected chi connectivity index (χ2v) is 4.64. The fourth-order valence-electron chi connectivity index (χ4n) is 2.19. The Bertz CT molecular complexity index is 348. The predicted molar refractivity (Wildman–Crippen MR) is 60.3 cm³/mol. The number of hydrogen-bond acceptors (Lipinski definition) is 1. The fraction of sp³-hybridized carbons (Fsp3) is 0.538. The van der Waals surface area contributed by atoms with E-state index in [4.69, 9.17) is 0 Å². The number of nitrogens with one attached hydrogen (secondary N) is 1. The molecule has 2 rings (SSSR count). The highest BCUT2D eigenvalue weighted by molar-refractivity contribution is 5.26. The first kappa shape index (κ1) is 10.6. The lowest BCUT2D eigenvalue weighted by atomic mass is 9.90. The van der Waals surface area contributed by atoms with Crippen LogP contribution in [0.5, 0.6) is 0 Å². The van der Waals surface area contributed by atoms with Gasteiger partial charge in [-0.15, -0.1) is 0 Å². The molecule has 2 unspecified atom stereocenters. The maximum atomic E-state index is 13.4. The number of piperidine rings is 1. The molecule has 1 saturated heterocycles. The molecule has 0 spiro atoms. The van der Waals surface area contributed by atoms with E-state index in [0.29, 0.717) is 6.04 Å².